The minimum absolute atomic E-state index is 0.297. The van der Waals surface area contributed by atoms with Crippen molar-refractivity contribution in [2.45, 2.75) is 25.6 Å². The number of nitrogen functional groups attached to an aromatic ring is 1. The van der Waals surface area contributed by atoms with E-state index < -0.39 is 0 Å². The summed E-state index contributed by atoms with van der Waals surface area (Å²) in [5, 5.41) is 0. The van der Waals surface area contributed by atoms with Gasteiger partial charge >= 0.3 is 0 Å². The first kappa shape index (κ1) is 10.5. The SMILES string of the molecule is Nc1cccc(COC[C@H]2CCCO2)c1. The highest BCUT2D eigenvalue weighted by molar-refractivity contribution is 5.40. The summed E-state index contributed by atoms with van der Waals surface area (Å²) in [6.45, 7) is 2.19. The molecule has 0 aliphatic carbocycles. The molecule has 0 amide bonds. The van der Waals surface area contributed by atoms with Gasteiger partial charge in [0.1, 0.15) is 0 Å². The number of hydrogen-bond acceptors (Lipinski definition) is 3. The van der Waals surface area contributed by atoms with Gasteiger partial charge < -0.3 is 15.2 Å². The van der Waals surface area contributed by atoms with E-state index in [9.17, 15) is 0 Å². The van der Waals surface area contributed by atoms with Crippen molar-refractivity contribution in [1.29, 1.82) is 0 Å². The quantitative estimate of drug-likeness (QED) is 0.768. The Morgan fingerprint density at radius 2 is 2.40 bits per heavy atom. The van der Waals surface area contributed by atoms with Crippen molar-refractivity contribution in [2.24, 2.45) is 0 Å². The van der Waals surface area contributed by atoms with Crippen molar-refractivity contribution in [1.82, 2.24) is 0 Å². The minimum atomic E-state index is 0.297. The lowest BCUT2D eigenvalue weighted by atomic mass is 10.2. The van der Waals surface area contributed by atoms with E-state index in [0.29, 0.717) is 19.3 Å². The third kappa shape index (κ3) is 3.22. The second kappa shape index (κ2) is 5.14. The molecule has 1 saturated heterocycles. The van der Waals surface area contributed by atoms with E-state index >= 15 is 0 Å². The summed E-state index contributed by atoms with van der Waals surface area (Å²) in [4.78, 5) is 0. The van der Waals surface area contributed by atoms with Gasteiger partial charge in [0.05, 0.1) is 19.3 Å². The van der Waals surface area contributed by atoms with Crippen LogP contribution in [0.5, 0.6) is 0 Å². The molecule has 1 fully saturated rings. The van der Waals surface area contributed by atoms with Crippen LogP contribution < -0.4 is 5.73 Å². The molecule has 1 atom stereocenters. The number of nitrogens with two attached hydrogens (primary N) is 1. The maximum absolute atomic E-state index is 5.67. The molecular formula is C12H17NO2. The van der Waals surface area contributed by atoms with Crippen LogP contribution in [0.1, 0.15) is 18.4 Å². The van der Waals surface area contributed by atoms with Crippen LogP contribution in [0.25, 0.3) is 0 Å². The first-order valence-corrected chi connectivity index (χ1v) is 5.38. The summed E-state index contributed by atoms with van der Waals surface area (Å²) in [5.41, 5.74) is 7.58. The fourth-order valence-corrected chi connectivity index (χ4v) is 1.77. The van der Waals surface area contributed by atoms with Gasteiger partial charge in [0.25, 0.3) is 0 Å². The lowest BCUT2D eigenvalue weighted by Crippen LogP contribution is -2.13. The van der Waals surface area contributed by atoms with E-state index in [0.717, 1.165) is 30.7 Å². The monoisotopic (exact) mass is 207 g/mol. The van der Waals surface area contributed by atoms with Crippen molar-refractivity contribution in [3.8, 4) is 0 Å². The van der Waals surface area contributed by atoms with Crippen molar-refractivity contribution < 1.29 is 9.47 Å². The Hall–Kier alpha value is -1.06. The second-order valence-electron chi connectivity index (χ2n) is 3.90. The second-order valence-corrected chi connectivity index (χ2v) is 3.90. The predicted octanol–water partition coefficient (Wildman–Crippen LogP) is 1.96. The largest absolute Gasteiger partial charge is 0.399 e. The molecule has 0 unspecified atom stereocenters. The summed E-state index contributed by atoms with van der Waals surface area (Å²) in [6, 6.07) is 7.78. The topological polar surface area (TPSA) is 44.5 Å². The molecule has 0 bridgehead atoms. The van der Waals surface area contributed by atoms with Crippen molar-refractivity contribution in [3.63, 3.8) is 0 Å². The average Bonchev–Trinajstić information content (AvgIpc) is 2.71. The van der Waals surface area contributed by atoms with Crippen molar-refractivity contribution in [3.05, 3.63) is 29.8 Å². The molecular weight excluding hydrogens is 190 g/mol. The molecule has 1 aliphatic rings. The molecule has 1 aliphatic heterocycles. The Bertz CT molecular complexity index is 308. The zero-order valence-corrected chi connectivity index (χ0v) is 8.82. The van der Waals surface area contributed by atoms with E-state index in [1.165, 1.54) is 0 Å². The normalized spacial score (nSPS) is 20.7. The number of rotatable bonds is 4. The molecule has 3 heteroatoms. The molecule has 15 heavy (non-hydrogen) atoms. The van der Waals surface area contributed by atoms with Crippen LogP contribution in [-0.4, -0.2) is 19.3 Å². The molecule has 1 aromatic rings. The minimum Gasteiger partial charge on any atom is -0.399 e. The zero-order valence-electron chi connectivity index (χ0n) is 8.82. The van der Waals surface area contributed by atoms with Gasteiger partial charge in [0.15, 0.2) is 0 Å². The molecule has 1 heterocycles. The van der Waals surface area contributed by atoms with E-state index in [4.69, 9.17) is 15.2 Å². The van der Waals surface area contributed by atoms with Gasteiger partial charge in [0, 0.05) is 12.3 Å². The fraction of sp³-hybridized carbons (Fsp3) is 0.500. The molecule has 82 valence electrons. The Balaban J connectivity index is 1.73. The first-order valence-electron chi connectivity index (χ1n) is 5.38. The summed E-state index contributed by atoms with van der Waals surface area (Å²) in [7, 11) is 0. The van der Waals surface area contributed by atoms with Crippen LogP contribution in [-0.2, 0) is 16.1 Å². The number of hydrogen-bond donors (Lipinski definition) is 1. The Morgan fingerprint density at radius 1 is 1.47 bits per heavy atom. The third-order valence-corrected chi connectivity index (χ3v) is 2.55. The van der Waals surface area contributed by atoms with Crippen molar-refractivity contribution >= 4 is 5.69 Å². The maximum atomic E-state index is 5.67. The van der Waals surface area contributed by atoms with E-state index in [2.05, 4.69) is 0 Å². The standard InChI is InChI=1S/C12H17NO2/c13-11-4-1-3-10(7-11)8-14-9-12-5-2-6-15-12/h1,3-4,7,12H,2,5-6,8-9,13H2/t12-/m1/s1. The predicted molar refractivity (Wildman–Crippen MR) is 59.5 cm³/mol. The highest BCUT2D eigenvalue weighted by Crippen LogP contribution is 2.13. The van der Waals surface area contributed by atoms with Crippen LogP contribution in [0.3, 0.4) is 0 Å². The van der Waals surface area contributed by atoms with Crippen LogP contribution in [0.15, 0.2) is 24.3 Å². The number of anilines is 1. The molecule has 2 rings (SSSR count). The zero-order chi connectivity index (χ0) is 10.5. The smallest absolute Gasteiger partial charge is 0.0809 e. The molecule has 0 spiro atoms. The van der Waals surface area contributed by atoms with Gasteiger partial charge in [-0.05, 0) is 30.5 Å². The van der Waals surface area contributed by atoms with E-state index in [1.807, 2.05) is 24.3 Å². The third-order valence-electron chi connectivity index (χ3n) is 2.55. The van der Waals surface area contributed by atoms with Crippen molar-refractivity contribution in [2.75, 3.05) is 18.9 Å². The Morgan fingerprint density at radius 3 is 3.13 bits per heavy atom. The summed E-state index contributed by atoms with van der Waals surface area (Å²) in [5.74, 6) is 0. The van der Waals surface area contributed by atoms with Crippen LogP contribution in [0, 0.1) is 0 Å². The summed E-state index contributed by atoms with van der Waals surface area (Å²) in [6.07, 6.45) is 2.58. The van der Waals surface area contributed by atoms with Gasteiger partial charge in [-0.1, -0.05) is 12.1 Å². The lowest BCUT2D eigenvalue weighted by Gasteiger charge is -2.10. The lowest BCUT2D eigenvalue weighted by molar-refractivity contribution is 0.0106. The van der Waals surface area contributed by atoms with Crippen LogP contribution >= 0.6 is 0 Å². The van der Waals surface area contributed by atoms with E-state index in [1.54, 1.807) is 0 Å². The average molecular weight is 207 g/mol. The van der Waals surface area contributed by atoms with Gasteiger partial charge in [-0.3, -0.25) is 0 Å². The van der Waals surface area contributed by atoms with Gasteiger partial charge in [-0.2, -0.15) is 0 Å². The maximum Gasteiger partial charge on any atom is 0.0809 e. The molecule has 0 aromatic heterocycles. The molecule has 2 N–H and O–H groups in total. The molecule has 0 saturated carbocycles. The number of ether oxygens (including phenoxy) is 2. The summed E-state index contributed by atoms with van der Waals surface area (Å²) < 4.78 is 11.0. The fourth-order valence-electron chi connectivity index (χ4n) is 1.77. The number of benzene rings is 1. The van der Waals surface area contributed by atoms with Gasteiger partial charge in [-0.25, -0.2) is 0 Å². The van der Waals surface area contributed by atoms with Crippen LogP contribution in [0.2, 0.25) is 0 Å². The van der Waals surface area contributed by atoms with Crippen LogP contribution in [0.4, 0.5) is 5.69 Å². The molecule has 0 radical (unpaired) electrons. The summed E-state index contributed by atoms with van der Waals surface area (Å²) >= 11 is 0. The highest BCUT2D eigenvalue weighted by atomic mass is 16.5. The molecule has 3 nitrogen and oxygen atoms in total. The first-order chi connectivity index (χ1) is 7.34. The molecule has 1 aromatic carbocycles. The Labute approximate surface area is 90.2 Å². The Kier molecular flexibility index (Phi) is 3.59. The van der Waals surface area contributed by atoms with Gasteiger partial charge in [0.2, 0.25) is 0 Å². The highest BCUT2D eigenvalue weighted by Gasteiger charge is 2.14. The van der Waals surface area contributed by atoms with Gasteiger partial charge in [-0.15, -0.1) is 0 Å². The van der Waals surface area contributed by atoms with E-state index in [-0.39, 0.29) is 0 Å².